The highest BCUT2D eigenvalue weighted by Gasteiger charge is 2.29. The number of halogens is 1. The number of amides is 1. The first-order valence-corrected chi connectivity index (χ1v) is 9.62. The quantitative estimate of drug-likeness (QED) is 0.804. The first-order valence-electron chi connectivity index (χ1n) is 8.13. The molecule has 3 rings (SSSR count). The molecule has 0 spiro atoms. The van der Waals surface area contributed by atoms with Crippen molar-refractivity contribution >= 4 is 21.8 Å². The van der Waals surface area contributed by atoms with Crippen LogP contribution >= 0.6 is 0 Å². The molecule has 0 aliphatic carbocycles. The maximum atomic E-state index is 13.1. The van der Waals surface area contributed by atoms with E-state index in [4.69, 9.17) is 0 Å². The smallest absolute Gasteiger partial charge is 0.263 e. The molecule has 2 aromatic carbocycles. The number of amidine groups is 1. The molecule has 6 nitrogen and oxygen atoms in total. The number of sulfonamides is 1. The fourth-order valence-electron chi connectivity index (χ4n) is 2.65. The second-order valence-electron chi connectivity index (χ2n) is 5.81. The number of hydrogen-bond donors (Lipinski definition) is 2. The number of carbonyl (C=O) groups is 1. The zero-order chi connectivity index (χ0) is 18.6. The molecule has 1 aliphatic rings. The van der Waals surface area contributed by atoms with Crippen molar-refractivity contribution in [3.63, 3.8) is 0 Å². The van der Waals surface area contributed by atoms with Gasteiger partial charge in [0.25, 0.3) is 10.0 Å². The number of hydrogen-bond acceptors (Lipinski definition) is 4. The van der Waals surface area contributed by atoms with Gasteiger partial charge in [-0.05, 0) is 36.2 Å². The van der Waals surface area contributed by atoms with Gasteiger partial charge in [-0.25, -0.2) is 12.8 Å². The molecule has 1 heterocycles. The molecule has 2 N–H and O–H groups in total. The standard InChI is InChI=1S/C18H18FN3O3S/c19-14-5-3-4-13(12-14)8-10-20-17(23)9-11-21-18-15-6-1-2-7-16(15)26(24,25)22-18/h1-7,12H,8-11H2,(H,20,23)(H,21,22). The molecule has 0 aromatic heterocycles. The molecule has 2 aromatic rings. The Balaban J connectivity index is 1.49. The molecular formula is C18H18FN3O3S. The van der Waals surface area contributed by atoms with E-state index in [0.717, 1.165) is 5.56 Å². The molecule has 0 fully saturated rings. The number of fused-ring (bicyclic) bond motifs is 1. The van der Waals surface area contributed by atoms with Crippen molar-refractivity contribution < 1.29 is 17.6 Å². The van der Waals surface area contributed by atoms with E-state index in [1.807, 2.05) is 0 Å². The Kier molecular flexibility index (Phi) is 5.32. The Bertz CT molecular complexity index is 958. The van der Waals surface area contributed by atoms with Crippen molar-refractivity contribution in [2.75, 3.05) is 13.1 Å². The predicted octanol–water partition coefficient (Wildman–Crippen LogP) is 1.61. The minimum atomic E-state index is -3.57. The van der Waals surface area contributed by atoms with Gasteiger partial charge in [0.2, 0.25) is 5.91 Å². The van der Waals surface area contributed by atoms with Crippen LogP contribution in [-0.2, 0) is 21.2 Å². The summed E-state index contributed by atoms with van der Waals surface area (Å²) in [6.45, 7) is 0.562. The van der Waals surface area contributed by atoms with Gasteiger partial charge in [0.05, 0.1) is 11.4 Å². The van der Waals surface area contributed by atoms with Gasteiger partial charge in [0.1, 0.15) is 11.7 Å². The largest absolute Gasteiger partial charge is 0.356 e. The summed E-state index contributed by atoms with van der Waals surface area (Å²) in [5.74, 6) is -0.239. The number of carbonyl (C=O) groups excluding carboxylic acids is 1. The lowest BCUT2D eigenvalue weighted by atomic mass is 10.1. The number of nitrogens with zero attached hydrogens (tertiary/aromatic N) is 1. The molecular weight excluding hydrogens is 357 g/mol. The normalized spacial score (nSPS) is 16.1. The molecule has 0 atom stereocenters. The topological polar surface area (TPSA) is 87.6 Å². The second-order valence-corrected chi connectivity index (χ2v) is 7.46. The van der Waals surface area contributed by atoms with Crippen molar-refractivity contribution in [3.8, 4) is 0 Å². The molecule has 26 heavy (non-hydrogen) atoms. The Hall–Kier alpha value is -2.74. The second kappa shape index (κ2) is 7.65. The van der Waals surface area contributed by atoms with Crippen LogP contribution in [0.4, 0.5) is 4.39 Å². The summed E-state index contributed by atoms with van der Waals surface area (Å²) < 4.78 is 39.4. The van der Waals surface area contributed by atoms with Crippen LogP contribution in [0.3, 0.4) is 0 Å². The number of nitrogens with one attached hydrogen (secondary N) is 2. The van der Waals surface area contributed by atoms with Crippen LogP contribution in [0.1, 0.15) is 17.5 Å². The first-order chi connectivity index (χ1) is 12.5. The van der Waals surface area contributed by atoms with E-state index in [1.54, 1.807) is 30.3 Å². The SMILES string of the molecule is O=C(CCN=C1NS(=O)(=O)c2ccccc21)NCCc1cccc(F)c1. The summed E-state index contributed by atoms with van der Waals surface area (Å²) in [4.78, 5) is 16.2. The highest BCUT2D eigenvalue weighted by molar-refractivity contribution is 7.90. The Morgan fingerprint density at radius 1 is 1.15 bits per heavy atom. The van der Waals surface area contributed by atoms with E-state index in [0.29, 0.717) is 18.5 Å². The first kappa shape index (κ1) is 18.1. The van der Waals surface area contributed by atoms with E-state index < -0.39 is 10.0 Å². The molecule has 0 saturated carbocycles. The molecule has 1 amide bonds. The fraction of sp³-hybridized carbons (Fsp3) is 0.222. The minimum Gasteiger partial charge on any atom is -0.356 e. The van der Waals surface area contributed by atoms with Crippen molar-refractivity contribution in [3.05, 3.63) is 65.5 Å². The van der Waals surface area contributed by atoms with Gasteiger partial charge >= 0.3 is 0 Å². The summed E-state index contributed by atoms with van der Waals surface area (Å²) in [6.07, 6.45) is 0.668. The highest BCUT2D eigenvalue weighted by atomic mass is 32.2. The van der Waals surface area contributed by atoms with Gasteiger partial charge in [-0.3, -0.25) is 14.5 Å². The van der Waals surface area contributed by atoms with Crippen LogP contribution in [-0.4, -0.2) is 33.3 Å². The molecule has 8 heteroatoms. The third-order valence-electron chi connectivity index (χ3n) is 3.90. The van der Waals surface area contributed by atoms with E-state index in [2.05, 4.69) is 15.0 Å². The lowest BCUT2D eigenvalue weighted by Crippen LogP contribution is -2.27. The van der Waals surface area contributed by atoms with Gasteiger partial charge in [-0.2, -0.15) is 0 Å². The highest BCUT2D eigenvalue weighted by Crippen LogP contribution is 2.22. The van der Waals surface area contributed by atoms with E-state index in [9.17, 15) is 17.6 Å². The lowest BCUT2D eigenvalue weighted by Gasteiger charge is -2.05. The van der Waals surface area contributed by atoms with Gasteiger partial charge in [0, 0.05) is 18.5 Å². The van der Waals surface area contributed by atoms with E-state index in [-0.39, 0.29) is 35.4 Å². The lowest BCUT2D eigenvalue weighted by molar-refractivity contribution is -0.120. The van der Waals surface area contributed by atoms with Crippen LogP contribution in [0.2, 0.25) is 0 Å². The van der Waals surface area contributed by atoms with Gasteiger partial charge < -0.3 is 5.32 Å². The Morgan fingerprint density at radius 2 is 1.96 bits per heavy atom. The number of rotatable bonds is 6. The Labute approximate surface area is 151 Å². The maximum absolute atomic E-state index is 13.1. The zero-order valence-corrected chi connectivity index (χ0v) is 14.7. The van der Waals surface area contributed by atoms with Crippen LogP contribution in [0.25, 0.3) is 0 Å². The summed E-state index contributed by atoms with van der Waals surface area (Å²) in [6, 6.07) is 12.8. The van der Waals surface area contributed by atoms with Crippen molar-refractivity contribution in [2.24, 2.45) is 4.99 Å². The monoisotopic (exact) mass is 375 g/mol. The maximum Gasteiger partial charge on any atom is 0.263 e. The molecule has 0 saturated heterocycles. The van der Waals surface area contributed by atoms with Gasteiger partial charge in [-0.15, -0.1) is 0 Å². The number of aliphatic imine (C=N–C) groups is 1. The van der Waals surface area contributed by atoms with E-state index in [1.165, 1.54) is 18.2 Å². The molecule has 136 valence electrons. The molecule has 0 unspecified atom stereocenters. The van der Waals surface area contributed by atoms with Crippen LogP contribution in [0, 0.1) is 5.82 Å². The molecule has 0 radical (unpaired) electrons. The summed E-state index contributed by atoms with van der Waals surface area (Å²) in [5.41, 5.74) is 1.32. The molecule has 1 aliphatic heterocycles. The van der Waals surface area contributed by atoms with Crippen LogP contribution in [0.15, 0.2) is 58.4 Å². The molecule has 0 bridgehead atoms. The van der Waals surface area contributed by atoms with Crippen LogP contribution in [0.5, 0.6) is 0 Å². The van der Waals surface area contributed by atoms with Crippen molar-refractivity contribution in [2.45, 2.75) is 17.7 Å². The van der Waals surface area contributed by atoms with Crippen molar-refractivity contribution in [1.82, 2.24) is 10.0 Å². The average molecular weight is 375 g/mol. The predicted molar refractivity (Wildman–Crippen MR) is 95.9 cm³/mol. The van der Waals surface area contributed by atoms with E-state index >= 15 is 0 Å². The number of benzene rings is 2. The average Bonchev–Trinajstić information content (AvgIpc) is 2.86. The summed E-state index contributed by atoms with van der Waals surface area (Å²) >= 11 is 0. The zero-order valence-electron chi connectivity index (χ0n) is 13.9. The Morgan fingerprint density at radius 3 is 2.77 bits per heavy atom. The summed E-state index contributed by atoms with van der Waals surface area (Å²) in [5, 5.41) is 2.74. The van der Waals surface area contributed by atoms with Gasteiger partial charge in [-0.1, -0.05) is 24.3 Å². The minimum absolute atomic E-state index is 0.135. The van der Waals surface area contributed by atoms with Gasteiger partial charge in [0.15, 0.2) is 0 Å². The van der Waals surface area contributed by atoms with Crippen molar-refractivity contribution in [1.29, 1.82) is 0 Å². The third kappa shape index (κ3) is 4.26. The van der Waals surface area contributed by atoms with Crippen LogP contribution < -0.4 is 10.0 Å². The third-order valence-corrected chi connectivity index (χ3v) is 5.29. The summed E-state index contributed by atoms with van der Waals surface area (Å²) in [7, 11) is -3.57. The fourth-order valence-corrected chi connectivity index (χ4v) is 3.90.